The summed E-state index contributed by atoms with van der Waals surface area (Å²) in [6, 6.07) is 16.3. The summed E-state index contributed by atoms with van der Waals surface area (Å²) in [4.78, 5) is 17.6. The van der Waals surface area contributed by atoms with Gasteiger partial charge in [0.25, 0.3) is 0 Å². The van der Waals surface area contributed by atoms with Gasteiger partial charge in [-0.1, -0.05) is 42.0 Å². The van der Waals surface area contributed by atoms with Crippen molar-refractivity contribution in [2.75, 3.05) is 19.4 Å². The van der Waals surface area contributed by atoms with E-state index in [1.165, 1.54) is 18.1 Å². The number of guanidine groups is 1. The van der Waals surface area contributed by atoms with Crippen LogP contribution in [0.5, 0.6) is 0 Å². The Morgan fingerprint density at radius 2 is 1.81 bits per heavy atom. The van der Waals surface area contributed by atoms with Crippen LogP contribution in [0.4, 0.5) is 5.69 Å². The van der Waals surface area contributed by atoms with Gasteiger partial charge in [0.1, 0.15) is 0 Å². The number of rotatable bonds is 5. The molecule has 2 aromatic rings. The van der Waals surface area contributed by atoms with Gasteiger partial charge in [0, 0.05) is 39.8 Å². The summed E-state index contributed by atoms with van der Waals surface area (Å²) < 4.78 is 0. The zero-order valence-corrected chi connectivity index (χ0v) is 18.1. The zero-order chi connectivity index (χ0) is 18.2. The highest BCUT2D eigenvalue weighted by molar-refractivity contribution is 14.0. The molecule has 0 spiro atoms. The second-order valence-electron chi connectivity index (χ2n) is 6.12. The van der Waals surface area contributed by atoms with Crippen molar-refractivity contribution in [3.63, 3.8) is 0 Å². The van der Waals surface area contributed by atoms with Crippen LogP contribution in [0.15, 0.2) is 53.5 Å². The van der Waals surface area contributed by atoms with E-state index in [4.69, 9.17) is 0 Å². The topological polar surface area (TPSA) is 56.7 Å². The van der Waals surface area contributed by atoms with Crippen molar-refractivity contribution < 1.29 is 4.79 Å². The highest BCUT2D eigenvalue weighted by Gasteiger charge is 2.07. The molecule has 6 heteroatoms. The molecule has 0 fully saturated rings. The first-order valence-electron chi connectivity index (χ1n) is 8.32. The standard InChI is InChI=1S/C20H26N4O.HI/c1-15-8-10-17(11-9-15)14-24(4)20(21-3)22-13-18-6-5-7-19(12-18)23-16(2)25;/h5-12H,13-14H2,1-4H3,(H,21,22)(H,23,25);1H. The third kappa shape index (κ3) is 7.03. The monoisotopic (exact) mass is 466 g/mol. The third-order valence-electron chi connectivity index (χ3n) is 3.81. The van der Waals surface area contributed by atoms with Gasteiger partial charge in [-0.05, 0) is 30.2 Å². The Hall–Kier alpha value is -2.09. The first-order chi connectivity index (χ1) is 12.0. The highest BCUT2D eigenvalue weighted by Crippen LogP contribution is 2.11. The molecule has 2 rings (SSSR count). The lowest BCUT2D eigenvalue weighted by molar-refractivity contribution is -0.114. The maximum absolute atomic E-state index is 11.2. The van der Waals surface area contributed by atoms with Crippen molar-refractivity contribution in [1.82, 2.24) is 10.2 Å². The number of anilines is 1. The van der Waals surface area contributed by atoms with Crippen molar-refractivity contribution in [3.05, 3.63) is 65.2 Å². The normalized spacial score (nSPS) is 10.7. The van der Waals surface area contributed by atoms with E-state index in [-0.39, 0.29) is 29.9 Å². The molecule has 0 saturated heterocycles. The van der Waals surface area contributed by atoms with Crippen LogP contribution in [0.25, 0.3) is 0 Å². The Morgan fingerprint density at radius 1 is 1.12 bits per heavy atom. The summed E-state index contributed by atoms with van der Waals surface area (Å²) in [5, 5.41) is 6.16. The average Bonchev–Trinajstić information content (AvgIpc) is 2.57. The van der Waals surface area contributed by atoms with Crippen molar-refractivity contribution in [1.29, 1.82) is 0 Å². The summed E-state index contributed by atoms with van der Waals surface area (Å²) in [5.41, 5.74) is 4.38. The quantitative estimate of drug-likeness (QED) is 0.401. The molecule has 0 radical (unpaired) electrons. The summed E-state index contributed by atoms with van der Waals surface area (Å²) >= 11 is 0. The molecule has 0 aliphatic heterocycles. The number of benzene rings is 2. The van der Waals surface area contributed by atoms with Crippen LogP contribution >= 0.6 is 24.0 Å². The van der Waals surface area contributed by atoms with Crippen LogP contribution in [0.1, 0.15) is 23.6 Å². The molecule has 5 nitrogen and oxygen atoms in total. The van der Waals surface area contributed by atoms with Crippen LogP contribution in [-0.4, -0.2) is 30.9 Å². The van der Waals surface area contributed by atoms with Gasteiger partial charge in [0.05, 0.1) is 0 Å². The van der Waals surface area contributed by atoms with E-state index in [9.17, 15) is 4.79 Å². The number of carbonyl (C=O) groups is 1. The maximum atomic E-state index is 11.2. The minimum atomic E-state index is -0.0706. The minimum Gasteiger partial charge on any atom is -0.352 e. The summed E-state index contributed by atoms with van der Waals surface area (Å²) in [5.74, 6) is 0.754. The van der Waals surface area contributed by atoms with E-state index >= 15 is 0 Å². The van der Waals surface area contributed by atoms with Gasteiger partial charge in [-0.15, -0.1) is 24.0 Å². The SMILES string of the molecule is CN=C(NCc1cccc(NC(C)=O)c1)N(C)Cc1ccc(C)cc1.I. The van der Waals surface area contributed by atoms with E-state index in [1.807, 2.05) is 31.3 Å². The van der Waals surface area contributed by atoms with Crippen LogP contribution in [0.2, 0.25) is 0 Å². The fraction of sp³-hybridized carbons (Fsp3) is 0.300. The molecule has 0 aliphatic carbocycles. The molecule has 0 aromatic heterocycles. The van der Waals surface area contributed by atoms with Crippen molar-refractivity contribution >= 4 is 41.5 Å². The molecule has 0 saturated carbocycles. The Balaban J connectivity index is 0.00000338. The number of amides is 1. The number of nitrogens with one attached hydrogen (secondary N) is 2. The fourth-order valence-corrected chi connectivity index (χ4v) is 2.57. The number of hydrogen-bond acceptors (Lipinski definition) is 2. The van der Waals surface area contributed by atoms with E-state index < -0.39 is 0 Å². The predicted molar refractivity (Wildman–Crippen MR) is 119 cm³/mol. The van der Waals surface area contributed by atoms with Crippen LogP contribution in [0, 0.1) is 6.92 Å². The molecule has 2 N–H and O–H groups in total. The highest BCUT2D eigenvalue weighted by atomic mass is 127. The van der Waals surface area contributed by atoms with E-state index in [2.05, 4.69) is 51.7 Å². The van der Waals surface area contributed by atoms with Crippen molar-refractivity contribution in [2.24, 2.45) is 4.99 Å². The lowest BCUT2D eigenvalue weighted by Crippen LogP contribution is -2.38. The number of nitrogens with zero attached hydrogens (tertiary/aromatic N) is 2. The number of aryl methyl sites for hydroxylation is 1. The lowest BCUT2D eigenvalue weighted by atomic mass is 10.1. The lowest BCUT2D eigenvalue weighted by Gasteiger charge is -2.22. The number of hydrogen-bond donors (Lipinski definition) is 2. The Bertz CT molecular complexity index is 744. The van der Waals surface area contributed by atoms with Crippen LogP contribution in [-0.2, 0) is 17.9 Å². The predicted octanol–water partition coefficient (Wildman–Crippen LogP) is 3.78. The number of carbonyl (C=O) groups excluding carboxylic acids is 1. The van der Waals surface area contributed by atoms with Gasteiger partial charge in [0.15, 0.2) is 5.96 Å². The fourth-order valence-electron chi connectivity index (χ4n) is 2.57. The molecular formula is C20H27IN4O. The molecule has 140 valence electrons. The van der Waals surface area contributed by atoms with E-state index in [1.54, 1.807) is 7.05 Å². The molecule has 0 atom stereocenters. The zero-order valence-electron chi connectivity index (χ0n) is 15.7. The average molecular weight is 466 g/mol. The van der Waals surface area contributed by atoms with E-state index in [0.29, 0.717) is 6.54 Å². The van der Waals surface area contributed by atoms with Crippen LogP contribution < -0.4 is 10.6 Å². The van der Waals surface area contributed by atoms with Gasteiger partial charge in [-0.25, -0.2) is 0 Å². The molecule has 0 bridgehead atoms. The summed E-state index contributed by atoms with van der Waals surface area (Å²) in [7, 11) is 3.80. The second-order valence-corrected chi connectivity index (χ2v) is 6.12. The first kappa shape index (κ1) is 22.0. The van der Waals surface area contributed by atoms with Gasteiger partial charge < -0.3 is 15.5 Å². The van der Waals surface area contributed by atoms with Gasteiger partial charge in [0.2, 0.25) is 5.91 Å². The molecule has 0 unspecified atom stereocenters. The smallest absolute Gasteiger partial charge is 0.221 e. The second kappa shape index (κ2) is 10.8. The first-order valence-corrected chi connectivity index (χ1v) is 8.32. The largest absolute Gasteiger partial charge is 0.352 e. The molecule has 0 aliphatic rings. The molecule has 26 heavy (non-hydrogen) atoms. The van der Waals surface area contributed by atoms with Crippen LogP contribution in [0.3, 0.4) is 0 Å². The Labute approximate surface area is 172 Å². The molecular weight excluding hydrogens is 439 g/mol. The molecule has 2 aromatic carbocycles. The molecule has 1 amide bonds. The van der Waals surface area contributed by atoms with Gasteiger partial charge in [-0.2, -0.15) is 0 Å². The number of aliphatic imine (C=N–C) groups is 1. The van der Waals surface area contributed by atoms with Gasteiger partial charge in [-0.3, -0.25) is 9.79 Å². The third-order valence-corrected chi connectivity index (χ3v) is 3.81. The van der Waals surface area contributed by atoms with Crippen molar-refractivity contribution in [3.8, 4) is 0 Å². The molecule has 0 heterocycles. The Kier molecular flexibility index (Phi) is 9.12. The van der Waals surface area contributed by atoms with E-state index in [0.717, 1.165) is 23.8 Å². The maximum Gasteiger partial charge on any atom is 0.221 e. The Morgan fingerprint density at radius 3 is 2.42 bits per heavy atom. The minimum absolute atomic E-state index is 0. The summed E-state index contributed by atoms with van der Waals surface area (Å²) in [6.45, 7) is 5.01. The van der Waals surface area contributed by atoms with Gasteiger partial charge >= 0.3 is 0 Å². The number of halogens is 1. The van der Waals surface area contributed by atoms with Crippen molar-refractivity contribution in [2.45, 2.75) is 26.9 Å². The summed E-state index contributed by atoms with van der Waals surface area (Å²) in [6.07, 6.45) is 0.